The standard InChI is InChI=1S/C12H16N4O/c17-10-5-4-9(7-10)8-13-12-14-11-3-1-2-6-16(11)15-12/h1-3,6,9-10,17H,4-5,7-8H2,(H,13,15). The van der Waals surface area contributed by atoms with E-state index in [-0.39, 0.29) is 6.10 Å². The summed E-state index contributed by atoms with van der Waals surface area (Å²) in [6.07, 6.45) is 4.66. The molecule has 0 amide bonds. The third kappa shape index (κ3) is 2.24. The molecule has 1 aliphatic carbocycles. The van der Waals surface area contributed by atoms with Crippen molar-refractivity contribution in [3.63, 3.8) is 0 Å². The van der Waals surface area contributed by atoms with Gasteiger partial charge in [0.2, 0.25) is 5.95 Å². The maximum atomic E-state index is 9.45. The lowest BCUT2D eigenvalue weighted by molar-refractivity contribution is 0.178. The SMILES string of the molecule is OC1CCC(CNc2nc3ccccn3n2)C1. The lowest BCUT2D eigenvalue weighted by Crippen LogP contribution is -2.13. The second kappa shape index (κ2) is 4.33. The van der Waals surface area contributed by atoms with E-state index in [4.69, 9.17) is 0 Å². The van der Waals surface area contributed by atoms with Crippen molar-refractivity contribution in [3.05, 3.63) is 24.4 Å². The molecule has 2 N–H and O–H groups in total. The fourth-order valence-corrected chi connectivity index (χ4v) is 2.38. The van der Waals surface area contributed by atoms with Gasteiger partial charge in [-0.3, -0.25) is 0 Å². The zero-order valence-electron chi connectivity index (χ0n) is 9.58. The van der Waals surface area contributed by atoms with Crippen LogP contribution >= 0.6 is 0 Å². The first-order valence-electron chi connectivity index (χ1n) is 6.04. The number of aliphatic hydroxyl groups is 1. The molecular weight excluding hydrogens is 216 g/mol. The van der Waals surface area contributed by atoms with Crippen LogP contribution < -0.4 is 5.32 Å². The first-order valence-corrected chi connectivity index (χ1v) is 6.04. The molecule has 0 aromatic carbocycles. The van der Waals surface area contributed by atoms with Crippen LogP contribution in [0.1, 0.15) is 19.3 Å². The van der Waals surface area contributed by atoms with Gasteiger partial charge in [0.05, 0.1) is 6.10 Å². The summed E-state index contributed by atoms with van der Waals surface area (Å²) in [5, 5.41) is 17.0. The van der Waals surface area contributed by atoms with Gasteiger partial charge in [0, 0.05) is 12.7 Å². The lowest BCUT2D eigenvalue weighted by Gasteiger charge is -2.08. The molecule has 1 saturated carbocycles. The molecule has 1 fully saturated rings. The number of aromatic nitrogens is 3. The van der Waals surface area contributed by atoms with Crippen LogP contribution in [0.4, 0.5) is 5.95 Å². The first kappa shape index (κ1) is 10.5. The zero-order chi connectivity index (χ0) is 11.7. The Balaban J connectivity index is 1.65. The number of nitrogens with one attached hydrogen (secondary N) is 1. The van der Waals surface area contributed by atoms with Gasteiger partial charge in [0.1, 0.15) is 0 Å². The van der Waals surface area contributed by atoms with E-state index in [1.165, 1.54) is 0 Å². The quantitative estimate of drug-likeness (QED) is 0.837. The van der Waals surface area contributed by atoms with Gasteiger partial charge >= 0.3 is 0 Å². The number of nitrogens with zero attached hydrogens (tertiary/aromatic N) is 3. The van der Waals surface area contributed by atoms with Gasteiger partial charge < -0.3 is 10.4 Å². The molecule has 2 aromatic heterocycles. The number of hydrogen-bond acceptors (Lipinski definition) is 4. The summed E-state index contributed by atoms with van der Waals surface area (Å²) in [5.74, 6) is 1.20. The van der Waals surface area contributed by atoms with Crippen molar-refractivity contribution in [2.24, 2.45) is 5.92 Å². The Morgan fingerprint density at radius 1 is 1.41 bits per heavy atom. The fraction of sp³-hybridized carbons (Fsp3) is 0.500. The molecule has 0 spiro atoms. The van der Waals surface area contributed by atoms with Gasteiger partial charge in [0.15, 0.2) is 5.65 Å². The summed E-state index contributed by atoms with van der Waals surface area (Å²) >= 11 is 0. The van der Waals surface area contributed by atoms with E-state index < -0.39 is 0 Å². The summed E-state index contributed by atoms with van der Waals surface area (Å²) in [7, 11) is 0. The van der Waals surface area contributed by atoms with E-state index in [0.717, 1.165) is 31.5 Å². The normalized spacial score (nSPS) is 24.3. The van der Waals surface area contributed by atoms with Crippen molar-refractivity contribution in [2.45, 2.75) is 25.4 Å². The van der Waals surface area contributed by atoms with Crippen LogP contribution in [0.15, 0.2) is 24.4 Å². The van der Waals surface area contributed by atoms with Crippen molar-refractivity contribution >= 4 is 11.6 Å². The van der Waals surface area contributed by atoms with Crippen LogP contribution in [-0.2, 0) is 0 Å². The summed E-state index contributed by atoms with van der Waals surface area (Å²) in [6, 6.07) is 5.80. The Labute approximate surface area is 99.5 Å². The Hall–Kier alpha value is -1.62. The van der Waals surface area contributed by atoms with Crippen molar-refractivity contribution in [1.82, 2.24) is 14.6 Å². The van der Waals surface area contributed by atoms with Crippen LogP contribution in [0.5, 0.6) is 0 Å². The highest BCUT2D eigenvalue weighted by Gasteiger charge is 2.22. The highest BCUT2D eigenvalue weighted by Crippen LogP contribution is 2.25. The molecule has 17 heavy (non-hydrogen) atoms. The van der Waals surface area contributed by atoms with Crippen LogP contribution in [0.3, 0.4) is 0 Å². The maximum absolute atomic E-state index is 9.45. The van der Waals surface area contributed by atoms with E-state index >= 15 is 0 Å². The number of anilines is 1. The summed E-state index contributed by atoms with van der Waals surface area (Å²) in [5.41, 5.74) is 0.849. The van der Waals surface area contributed by atoms with Gasteiger partial charge in [0.25, 0.3) is 0 Å². The molecule has 0 saturated heterocycles. The lowest BCUT2D eigenvalue weighted by atomic mass is 10.1. The Morgan fingerprint density at radius 2 is 2.35 bits per heavy atom. The van der Waals surface area contributed by atoms with E-state index in [2.05, 4.69) is 15.4 Å². The summed E-state index contributed by atoms with van der Waals surface area (Å²) in [4.78, 5) is 4.37. The minimum Gasteiger partial charge on any atom is -0.393 e. The third-order valence-electron chi connectivity index (χ3n) is 3.30. The molecular formula is C12H16N4O. The topological polar surface area (TPSA) is 62.5 Å². The van der Waals surface area contributed by atoms with Gasteiger partial charge in [-0.05, 0) is 37.3 Å². The number of rotatable bonds is 3. The third-order valence-corrected chi connectivity index (χ3v) is 3.30. The molecule has 0 aliphatic heterocycles. The molecule has 3 rings (SSSR count). The van der Waals surface area contributed by atoms with Crippen molar-refractivity contribution < 1.29 is 5.11 Å². The van der Waals surface area contributed by atoms with Crippen molar-refractivity contribution in [3.8, 4) is 0 Å². The Bertz CT molecular complexity index is 477. The molecule has 90 valence electrons. The summed E-state index contributed by atoms with van der Waals surface area (Å²) in [6.45, 7) is 0.841. The number of fused-ring (bicyclic) bond motifs is 1. The summed E-state index contributed by atoms with van der Waals surface area (Å²) < 4.78 is 1.76. The van der Waals surface area contributed by atoms with Gasteiger partial charge in [-0.25, -0.2) is 4.52 Å². The number of pyridine rings is 1. The maximum Gasteiger partial charge on any atom is 0.243 e. The largest absolute Gasteiger partial charge is 0.393 e. The zero-order valence-corrected chi connectivity index (χ0v) is 9.58. The molecule has 1 aliphatic rings. The first-order chi connectivity index (χ1) is 8.31. The van der Waals surface area contributed by atoms with Gasteiger partial charge in [-0.1, -0.05) is 6.07 Å². The smallest absolute Gasteiger partial charge is 0.243 e. The van der Waals surface area contributed by atoms with Crippen LogP contribution in [0, 0.1) is 5.92 Å². The molecule has 5 heteroatoms. The molecule has 0 radical (unpaired) electrons. The molecule has 2 heterocycles. The second-order valence-electron chi connectivity index (χ2n) is 4.65. The molecule has 2 unspecified atom stereocenters. The van der Waals surface area contributed by atoms with Crippen molar-refractivity contribution in [1.29, 1.82) is 0 Å². The molecule has 2 atom stereocenters. The van der Waals surface area contributed by atoms with Gasteiger partial charge in [-0.2, -0.15) is 4.98 Å². The van der Waals surface area contributed by atoms with Crippen LogP contribution in [-0.4, -0.2) is 32.4 Å². The average molecular weight is 232 g/mol. The van der Waals surface area contributed by atoms with Gasteiger partial charge in [-0.15, -0.1) is 5.10 Å². The minimum atomic E-state index is -0.115. The molecule has 5 nitrogen and oxygen atoms in total. The van der Waals surface area contributed by atoms with Crippen LogP contribution in [0.25, 0.3) is 5.65 Å². The van der Waals surface area contributed by atoms with E-state index in [1.54, 1.807) is 4.52 Å². The highest BCUT2D eigenvalue weighted by molar-refractivity contribution is 5.42. The number of hydrogen-bond donors (Lipinski definition) is 2. The molecule has 2 aromatic rings. The Morgan fingerprint density at radius 3 is 3.12 bits per heavy atom. The van der Waals surface area contributed by atoms with E-state index in [0.29, 0.717) is 11.9 Å². The highest BCUT2D eigenvalue weighted by atomic mass is 16.3. The fourth-order valence-electron chi connectivity index (χ4n) is 2.38. The van der Waals surface area contributed by atoms with E-state index in [1.807, 2.05) is 24.4 Å². The van der Waals surface area contributed by atoms with Crippen molar-refractivity contribution in [2.75, 3.05) is 11.9 Å². The monoisotopic (exact) mass is 232 g/mol. The predicted octanol–water partition coefficient (Wildman–Crippen LogP) is 1.30. The Kier molecular flexibility index (Phi) is 2.68. The molecule has 0 bridgehead atoms. The minimum absolute atomic E-state index is 0.115. The number of aliphatic hydroxyl groups excluding tert-OH is 1. The van der Waals surface area contributed by atoms with E-state index in [9.17, 15) is 5.11 Å². The second-order valence-corrected chi connectivity index (χ2v) is 4.65. The van der Waals surface area contributed by atoms with Crippen LogP contribution in [0.2, 0.25) is 0 Å². The predicted molar refractivity (Wildman–Crippen MR) is 64.8 cm³/mol. The average Bonchev–Trinajstić information content (AvgIpc) is 2.91.